The number of hydrogen-bond donors (Lipinski definition) is 0. The van der Waals surface area contributed by atoms with Gasteiger partial charge in [0.15, 0.2) is 5.15 Å². The van der Waals surface area contributed by atoms with Crippen LogP contribution in [0, 0.1) is 6.92 Å². The Balaban J connectivity index is 1.97. The van der Waals surface area contributed by atoms with Crippen LogP contribution in [0.5, 0.6) is 17.4 Å². The zero-order valence-electron chi connectivity index (χ0n) is 15.6. The Kier molecular flexibility index (Phi) is 5.86. The maximum atomic E-state index is 12.6. The number of nitrogens with zero attached hydrogens (tertiary/aromatic N) is 2. The lowest BCUT2D eigenvalue weighted by Crippen LogP contribution is -2.11. The predicted molar refractivity (Wildman–Crippen MR) is 107 cm³/mol. The lowest BCUT2D eigenvalue weighted by atomic mass is 10.0. The van der Waals surface area contributed by atoms with E-state index in [0.717, 1.165) is 11.1 Å². The summed E-state index contributed by atoms with van der Waals surface area (Å²) in [4.78, 5) is 0.0135. The van der Waals surface area contributed by atoms with Gasteiger partial charge in [0.25, 0.3) is 5.88 Å². The molecule has 0 radical (unpaired) electrons. The fraction of sp³-hybridized carbons (Fsp3) is 0.200. The Bertz CT molecular complexity index is 1080. The van der Waals surface area contributed by atoms with Crippen LogP contribution in [0.25, 0.3) is 0 Å². The molecule has 3 rings (SSSR count). The first-order valence-electron chi connectivity index (χ1n) is 8.57. The van der Waals surface area contributed by atoms with E-state index in [0.29, 0.717) is 5.75 Å². The maximum Gasteiger partial charge on any atom is 0.339 e. The highest BCUT2D eigenvalue weighted by molar-refractivity contribution is 7.87. The molecule has 0 fully saturated rings. The molecule has 0 spiro atoms. The molecule has 6 nitrogen and oxygen atoms in total. The van der Waals surface area contributed by atoms with Gasteiger partial charge in [-0.3, -0.25) is 0 Å². The van der Waals surface area contributed by atoms with Crippen molar-refractivity contribution in [3.8, 4) is 17.4 Å². The minimum absolute atomic E-state index is 0.0135. The zero-order chi connectivity index (χ0) is 20.3. The Morgan fingerprint density at radius 3 is 2.32 bits per heavy atom. The van der Waals surface area contributed by atoms with Crippen molar-refractivity contribution < 1.29 is 17.3 Å². The van der Waals surface area contributed by atoms with Crippen LogP contribution in [0.3, 0.4) is 0 Å². The maximum absolute atomic E-state index is 12.6. The molecule has 146 valence electrons. The van der Waals surface area contributed by atoms with Crippen molar-refractivity contribution in [2.75, 3.05) is 0 Å². The summed E-state index contributed by atoms with van der Waals surface area (Å²) >= 11 is 5.89. The molecule has 2 aromatic carbocycles. The van der Waals surface area contributed by atoms with Crippen LogP contribution >= 0.6 is 11.6 Å². The molecule has 1 aromatic heterocycles. The van der Waals surface area contributed by atoms with E-state index in [9.17, 15) is 8.42 Å². The molecular formula is C20H19ClN2O4S. The van der Waals surface area contributed by atoms with Crippen LogP contribution in [0.15, 0.2) is 59.5 Å². The Labute approximate surface area is 169 Å². The van der Waals surface area contributed by atoms with Gasteiger partial charge < -0.3 is 8.92 Å². The van der Waals surface area contributed by atoms with Gasteiger partial charge in [-0.15, -0.1) is 10.2 Å². The lowest BCUT2D eigenvalue weighted by molar-refractivity contribution is 0.410. The van der Waals surface area contributed by atoms with Crippen LogP contribution in [0.2, 0.25) is 5.15 Å². The Morgan fingerprint density at radius 2 is 1.64 bits per heavy atom. The molecule has 0 atom stereocenters. The Morgan fingerprint density at radius 1 is 0.964 bits per heavy atom. The average Bonchev–Trinajstić information content (AvgIpc) is 2.64. The number of ether oxygens (including phenoxy) is 1. The summed E-state index contributed by atoms with van der Waals surface area (Å²) in [5.41, 5.74) is 1.87. The van der Waals surface area contributed by atoms with Gasteiger partial charge in [0.1, 0.15) is 10.6 Å². The first-order chi connectivity index (χ1) is 13.3. The molecule has 0 N–H and O–H groups in total. The Hall–Kier alpha value is -2.64. The highest BCUT2D eigenvalue weighted by atomic mass is 35.5. The summed E-state index contributed by atoms with van der Waals surface area (Å²) in [6, 6.07) is 15.0. The fourth-order valence-corrected chi connectivity index (χ4v) is 3.56. The van der Waals surface area contributed by atoms with Crippen LogP contribution < -0.4 is 8.92 Å². The highest BCUT2D eigenvalue weighted by Crippen LogP contribution is 2.35. The summed E-state index contributed by atoms with van der Waals surface area (Å²) in [6.07, 6.45) is 0. The van der Waals surface area contributed by atoms with E-state index in [4.69, 9.17) is 20.5 Å². The van der Waals surface area contributed by atoms with E-state index in [1.807, 2.05) is 39.0 Å². The first kappa shape index (κ1) is 20.1. The van der Waals surface area contributed by atoms with Gasteiger partial charge in [-0.2, -0.15) is 8.42 Å². The minimum Gasteiger partial charge on any atom is -0.435 e. The van der Waals surface area contributed by atoms with Crippen molar-refractivity contribution in [3.63, 3.8) is 0 Å². The number of rotatable bonds is 6. The monoisotopic (exact) mass is 418 g/mol. The van der Waals surface area contributed by atoms with Gasteiger partial charge in [-0.05, 0) is 36.6 Å². The third kappa shape index (κ3) is 4.61. The fourth-order valence-electron chi connectivity index (χ4n) is 2.50. The van der Waals surface area contributed by atoms with Crippen molar-refractivity contribution >= 4 is 21.7 Å². The van der Waals surface area contributed by atoms with Crippen LogP contribution in [0.4, 0.5) is 0 Å². The summed E-state index contributed by atoms with van der Waals surface area (Å²) < 4.78 is 36.4. The summed E-state index contributed by atoms with van der Waals surface area (Å²) in [6.45, 7) is 5.91. The number of hydrogen-bond acceptors (Lipinski definition) is 6. The lowest BCUT2D eigenvalue weighted by Gasteiger charge is -2.15. The number of aromatic nitrogens is 2. The van der Waals surface area contributed by atoms with Gasteiger partial charge in [-0.1, -0.05) is 61.3 Å². The molecule has 0 unspecified atom stereocenters. The van der Waals surface area contributed by atoms with E-state index in [2.05, 4.69) is 10.2 Å². The quantitative estimate of drug-likeness (QED) is 0.517. The van der Waals surface area contributed by atoms with Crippen molar-refractivity contribution in [3.05, 3.63) is 70.9 Å². The molecule has 8 heteroatoms. The third-order valence-electron chi connectivity index (χ3n) is 3.95. The smallest absolute Gasteiger partial charge is 0.339 e. The number of benzene rings is 2. The second kappa shape index (κ2) is 8.16. The second-order valence-corrected chi connectivity index (χ2v) is 8.42. The highest BCUT2D eigenvalue weighted by Gasteiger charge is 2.22. The summed E-state index contributed by atoms with van der Waals surface area (Å²) in [5, 5.41) is 7.60. The molecule has 0 aliphatic carbocycles. The molecular weight excluding hydrogens is 400 g/mol. The molecule has 0 aliphatic heterocycles. The first-order valence-corrected chi connectivity index (χ1v) is 10.4. The molecule has 0 saturated carbocycles. The van der Waals surface area contributed by atoms with Crippen LogP contribution in [-0.4, -0.2) is 18.6 Å². The van der Waals surface area contributed by atoms with E-state index in [1.165, 1.54) is 18.2 Å². The molecule has 0 aliphatic rings. The molecule has 0 bridgehead atoms. The third-order valence-corrected chi connectivity index (χ3v) is 5.39. The topological polar surface area (TPSA) is 78.4 Å². The van der Waals surface area contributed by atoms with Gasteiger partial charge in [0.05, 0.1) is 0 Å². The second-order valence-electron chi connectivity index (χ2n) is 6.48. The summed E-state index contributed by atoms with van der Waals surface area (Å²) in [7, 11) is -4.09. The van der Waals surface area contributed by atoms with Crippen molar-refractivity contribution in [1.29, 1.82) is 0 Å². The van der Waals surface area contributed by atoms with Crippen molar-refractivity contribution in [1.82, 2.24) is 10.2 Å². The van der Waals surface area contributed by atoms with Gasteiger partial charge >= 0.3 is 10.1 Å². The normalized spacial score (nSPS) is 11.5. The minimum atomic E-state index is -4.09. The standard InChI is InChI=1S/C20H19ClN2O4S/c1-13(2)16-6-4-5-7-17(16)26-20-18(12-19(21)22-23-20)27-28(24,25)15-10-8-14(3)9-11-15/h4-13H,1-3H3. The largest absolute Gasteiger partial charge is 0.435 e. The average molecular weight is 419 g/mol. The van der Waals surface area contributed by atoms with Crippen molar-refractivity contribution in [2.45, 2.75) is 31.6 Å². The number of halogens is 1. The van der Waals surface area contributed by atoms with Crippen LogP contribution in [0.1, 0.15) is 30.9 Å². The molecule has 0 amide bonds. The molecule has 3 aromatic rings. The van der Waals surface area contributed by atoms with E-state index >= 15 is 0 Å². The number of para-hydroxylation sites is 1. The molecule has 1 heterocycles. The molecule has 28 heavy (non-hydrogen) atoms. The SMILES string of the molecule is Cc1ccc(S(=O)(=O)Oc2cc(Cl)nnc2Oc2ccccc2C(C)C)cc1. The van der Waals surface area contributed by atoms with Crippen molar-refractivity contribution in [2.24, 2.45) is 0 Å². The van der Waals surface area contributed by atoms with Gasteiger partial charge in [-0.25, -0.2) is 0 Å². The van der Waals surface area contributed by atoms with Crippen LogP contribution in [-0.2, 0) is 10.1 Å². The zero-order valence-corrected chi connectivity index (χ0v) is 17.2. The van der Waals surface area contributed by atoms with E-state index in [-0.39, 0.29) is 27.6 Å². The molecule has 0 saturated heterocycles. The van der Waals surface area contributed by atoms with Gasteiger partial charge in [0, 0.05) is 6.07 Å². The number of aryl methyl sites for hydroxylation is 1. The van der Waals surface area contributed by atoms with E-state index < -0.39 is 10.1 Å². The van der Waals surface area contributed by atoms with E-state index in [1.54, 1.807) is 18.2 Å². The summed E-state index contributed by atoms with van der Waals surface area (Å²) in [5.74, 6) is 0.496. The van der Waals surface area contributed by atoms with Gasteiger partial charge in [0.2, 0.25) is 5.75 Å². The predicted octanol–water partition coefficient (Wildman–Crippen LogP) is 5.12.